The highest BCUT2D eigenvalue weighted by molar-refractivity contribution is 6.11. The normalized spacial score (nSPS) is 29.7. The van der Waals surface area contributed by atoms with Crippen LogP contribution in [-0.4, -0.2) is 77.2 Å². The highest BCUT2D eigenvalue weighted by Crippen LogP contribution is 2.45. The Morgan fingerprint density at radius 2 is 2.05 bits per heavy atom. The van der Waals surface area contributed by atoms with Gasteiger partial charge in [-0.25, -0.2) is 0 Å². The summed E-state index contributed by atoms with van der Waals surface area (Å²) in [4.78, 5) is 54.2. The van der Waals surface area contributed by atoms with Crippen LogP contribution in [0.15, 0.2) is 40.5 Å². The van der Waals surface area contributed by atoms with Crippen LogP contribution in [0.4, 0.5) is 5.69 Å². The molecule has 0 aromatic heterocycles. The molecule has 13 heteroatoms. The van der Waals surface area contributed by atoms with E-state index in [4.69, 9.17) is 24.2 Å². The summed E-state index contributed by atoms with van der Waals surface area (Å²) in [5, 5.41) is 32.0. The number of nitro benzene ring substituents is 1. The lowest BCUT2D eigenvalue weighted by atomic mass is 9.71. The Bertz CT molecular complexity index is 1320. The van der Waals surface area contributed by atoms with Gasteiger partial charge in [-0.2, -0.15) is 5.26 Å². The summed E-state index contributed by atoms with van der Waals surface area (Å²) in [7, 11) is 0. The third-order valence-corrected chi connectivity index (χ3v) is 7.01. The maximum Gasteiger partial charge on any atom is 0.315 e. The number of carbonyl (C=O) groups is 3. The first-order chi connectivity index (χ1) is 18.5. The maximum atomic E-state index is 14.2. The van der Waals surface area contributed by atoms with Crippen molar-refractivity contribution >= 4 is 29.1 Å². The van der Waals surface area contributed by atoms with E-state index in [1.807, 2.05) is 6.07 Å². The van der Waals surface area contributed by atoms with Crippen LogP contribution in [0.1, 0.15) is 38.7 Å². The van der Waals surface area contributed by atoms with Gasteiger partial charge in [-0.15, -0.1) is 0 Å². The van der Waals surface area contributed by atoms with Gasteiger partial charge in [0, 0.05) is 42.0 Å². The second kappa shape index (κ2) is 11.0. The van der Waals surface area contributed by atoms with Gasteiger partial charge in [0.2, 0.25) is 0 Å². The monoisotopic (exact) mass is 541 g/mol. The van der Waals surface area contributed by atoms with E-state index in [-0.39, 0.29) is 42.2 Å². The Morgan fingerprint density at radius 3 is 2.72 bits per heavy atom. The topological polar surface area (TPSA) is 188 Å². The highest BCUT2D eigenvalue weighted by atomic mass is 16.6. The zero-order chi connectivity index (χ0) is 28.5. The van der Waals surface area contributed by atoms with Gasteiger partial charge in [0.15, 0.2) is 17.5 Å². The summed E-state index contributed by atoms with van der Waals surface area (Å²) < 4.78 is 21.8. The fourth-order valence-electron chi connectivity index (χ4n) is 5.35. The molecule has 0 spiro atoms. The van der Waals surface area contributed by atoms with Crippen molar-refractivity contribution in [2.75, 3.05) is 19.8 Å². The number of allylic oxidation sites excluding steroid dienone is 1. The van der Waals surface area contributed by atoms with E-state index in [9.17, 15) is 29.6 Å². The minimum atomic E-state index is -2.22. The first-order valence-electron chi connectivity index (χ1n) is 12.2. The molecule has 1 aromatic carbocycles. The van der Waals surface area contributed by atoms with Crippen LogP contribution in [0, 0.1) is 27.4 Å². The molecule has 206 valence electrons. The number of carbonyl (C=O) groups excluding carboxylic acids is 3. The van der Waals surface area contributed by atoms with E-state index in [2.05, 4.69) is 4.99 Å². The number of nitro groups is 1. The third kappa shape index (κ3) is 5.18. The van der Waals surface area contributed by atoms with Gasteiger partial charge in [0.1, 0.15) is 24.7 Å². The van der Waals surface area contributed by atoms with Crippen LogP contribution < -0.4 is 0 Å². The molecule has 3 aliphatic heterocycles. The molecule has 2 fully saturated rings. The number of fused-ring (bicyclic) bond motifs is 1. The predicted octanol–water partition coefficient (Wildman–Crippen LogP) is 1.53. The summed E-state index contributed by atoms with van der Waals surface area (Å²) in [6.45, 7) is 3.55. The molecule has 13 nitrogen and oxygen atoms in total. The fraction of sp³-hybridized carbons (Fsp3) is 0.500. The number of ether oxygens (including phenoxy) is 4. The van der Waals surface area contributed by atoms with Crippen molar-refractivity contribution in [1.29, 1.82) is 5.26 Å². The zero-order valence-corrected chi connectivity index (χ0v) is 21.5. The second-order valence-electron chi connectivity index (χ2n) is 9.57. The molecule has 1 aromatic rings. The van der Waals surface area contributed by atoms with Crippen LogP contribution in [-0.2, 0) is 33.3 Å². The van der Waals surface area contributed by atoms with Crippen molar-refractivity contribution in [2.45, 2.75) is 57.0 Å². The van der Waals surface area contributed by atoms with Gasteiger partial charge in [-0.3, -0.25) is 29.5 Å². The SMILES string of the molecule is CC(=O)O[C@H]1CO[C@H]2[C@@H]1OC[C@]2(O)C(=O)C1=C(C)N=C(C)C(C(=O)OCCC#N)C1c1cccc([N+](=O)[O-])c1. The lowest BCUT2D eigenvalue weighted by Crippen LogP contribution is -2.53. The fourth-order valence-corrected chi connectivity index (χ4v) is 5.35. The number of hydrogen-bond acceptors (Lipinski definition) is 12. The Balaban J connectivity index is 1.78. The number of nitrogens with zero attached hydrogens (tertiary/aromatic N) is 3. The van der Waals surface area contributed by atoms with Gasteiger partial charge in [-0.05, 0) is 19.4 Å². The Kier molecular flexibility index (Phi) is 7.91. The van der Waals surface area contributed by atoms with E-state index >= 15 is 0 Å². The number of non-ortho nitro benzene ring substituents is 1. The van der Waals surface area contributed by atoms with Crippen LogP contribution in [0.5, 0.6) is 0 Å². The quantitative estimate of drug-likeness (QED) is 0.217. The summed E-state index contributed by atoms with van der Waals surface area (Å²) >= 11 is 0. The van der Waals surface area contributed by atoms with Gasteiger partial charge < -0.3 is 24.1 Å². The lowest BCUT2D eigenvalue weighted by Gasteiger charge is -2.35. The van der Waals surface area contributed by atoms with Crippen LogP contribution in [0.3, 0.4) is 0 Å². The summed E-state index contributed by atoms with van der Waals surface area (Å²) in [5.74, 6) is -4.47. The molecule has 0 aliphatic carbocycles. The van der Waals surface area contributed by atoms with E-state index in [1.54, 1.807) is 6.92 Å². The molecular weight excluding hydrogens is 514 g/mol. The number of esters is 2. The van der Waals surface area contributed by atoms with E-state index in [1.165, 1.54) is 38.1 Å². The smallest absolute Gasteiger partial charge is 0.315 e. The molecule has 3 heterocycles. The van der Waals surface area contributed by atoms with Gasteiger partial charge in [0.25, 0.3) is 5.69 Å². The average molecular weight is 542 g/mol. The van der Waals surface area contributed by atoms with Gasteiger partial charge in [-0.1, -0.05) is 12.1 Å². The highest BCUT2D eigenvalue weighted by Gasteiger charge is 2.62. The molecule has 6 atom stereocenters. The lowest BCUT2D eigenvalue weighted by molar-refractivity contribution is -0.384. The molecule has 3 aliphatic rings. The van der Waals surface area contributed by atoms with Crippen molar-refractivity contribution in [1.82, 2.24) is 0 Å². The summed E-state index contributed by atoms with van der Waals surface area (Å²) in [6.07, 6.45) is -2.96. The number of hydrogen-bond donors (Lipinski definition) is 1. The van der Waals surface area contributed by atoms with Crippen molar-refractivity contribution in [3.63, 3.8) is 0 Å². The molecule has 4 rings (SSSR count). The van der Waals surface area contributed by atoms with Crippen molar-refractivity contribution in [2.24, 2.45) is 10.9 Å². The number of ketones is 1. The van der Waals surface area contributed by atoms with Crippen LogP contribution >= 0.6 is 0 Å². The molecule has 39 heavy (non-hydrogen) atoms. The standard InChI is InChI=1S/C26H27N3O10/c1-13-19(23(31)26(33)12-38-22-18(39-15(3)30)11-37-24(22)26)21(16-6-4-7-17(10-16)29(34)35)20(14(2)28-13)25(32)36-9-5-8-27/h4,6-7,10,18,20-22,24,33H,5,9,11-12H2,1-3H3/t18-,20?,21?,22+,24-,26-/m0/s1. The van der Waals surface area contributed by atoms with Crippen LogP contribution in [0.2, 0.25) is 0 Å². The number of rotatable bonds is 8. The number of nitriles is 1. The van der Waals surface area contributed by atoms with Crippen molar-refractivity contribution in [3.05, 3.63) is 51.2 Å². The summed E-state index contributed by atoms with van der Waals surface area (Å²) in [5.41, 5.74) is -1.80. The number of aliphatic imine (C=N–C) groups is 1. The van der Waals surface area contributed by atoms with E-state index in [0.717, 1.165) is 0 Å². The maximum absolute atomic E-state index is 14.2. The number of aliphatic hydroxyl groups is 1. The number of Topliss-reactive ketones (excluding diaryl/α,β-unsaturated/α-hetero) is 1. The molecular formula is C26H27N3O10. The Labute approximate surface area is 223 Å². The molecule has 2 saturated heterocycles. The second-order valence-corrected chi connectivity index (χ2v) is 9.57. The minimum Gasteiger partial charge on any atom is -0.464 e. The largest absolute Gasteiger partial charge is 0.464 e. The predicted molar refractivity (Wildman–Crippen MR) is 131 cm³/mol. The Hall–Kier alpha value is -3.99. The minimum absolute atomic E-state index is 0.0578. The molecule has 0 amide bonds. The van der Waals surface area contributed by atoms with Crippen LogP contribution in [0.25, 0.3) is 0 Å². The summed E-state index contributed by atoms with van der Waals surface area (Å²) in [6, 6.07) is 7.36. The molecule has 0 radical (unpaired) electrons. The van der Waals surface area contributed by atoms with Gasteiger partial charge in [0.05, 0.1) is 30.6 Å². The average Bonchev–Trinajstić information content (AvgIpc) is 3.44. The van der Waals surface area contributed by atoms with E-state index in [0.29, 0.717) is 5.71 Å². The third-order valence-electron chi connectivity index (χ3n) is 7.01. The van der Waals surface area contributed by atoms with E-state index < -0.39 is 65.0 Å². The molecule has 2 unspecified atom stereocenters. The Morgan fingerprint density at radius 1 is 1.31 bits per heavy atom. The molecule has 1 N–H and O–H groups in total. The van der Waals surface area contributed by atoms with Gasteiger partial charge >= 0.3 is 11.9 Å². The number of benzene rings is 1. The first-order valence-corrected chi connectivity index (χ1v) is 12.2. The first kappa shape index (κ1) is 28.0. The molecule has 0 saturated carbocycles. The van der Waals surface area contributed by atoms with Crippen molar-refractivity contribution in [3.8, 4) is 6.07 Å². The zero-order valence-electron chi connectivity index (χ0n) is 21.5. The molecule has 0 bridgehead atoms. The van der Waals surface area contributed by atoms with Crippen molar-refractivity contribution < 1.29 is 43.4 Å².